The molecule has 12 nitrogen and oxygen atoms in total. The van der Waals surface area contributed by atoms with Gasteiger partial charge in [0.1, 0.15) is 13.2 Å². The number of nitrogens with one attached hydrogen (secondary N) is 4. The third-order valence-electron chi connectivity index (χ3n) is 7.41. The predicted octanol–water partition coefficient (Wildman–Crippen LogP) is 4.43. The van der Waals surface area contributed by atoms with E-state index in [1.807, 2.05) is 24.3 Å². The van der Waals surface area contributed by atoms with Crippen molar-refractivity contribution in [2.45, 2.75) is 39.8 Å². The Hall–Kier alpha value is -4.82. The Balaban J connectivity index is 1.39. The van der Waals surface area contributed by atoms with Gasteiger partial charge in [-0.25, -0.2) is 9.59 Å². The van der Waals surface area contributed by atoms with Gasteiger partial charge in [0.15, 0.2) is 33.2 Å². The first-order valence-corrected chi connectivity index (χ1v) is 16.1. The van der Waals surface area contributed by atoms with Gasteiger partial charge in [-0.05, 0) is 99.7 Å². The van der Waals surface area contributed by atoms with Crippen LogP contribution in [0.4, 0.5) is 0 Å². The van der Waals surface area contributed by atoms with Gasteiger partial charge in [-0.1, -0.05) is 12.1 Å². The standard InChI is InChI=1S/C34H40N4O8S2/c1-7-43-31(39)27-19(3)35-33(47)37-29(27)21-11-13-23(25(17-21)41-5)45-15-9-10-16-46-24-14-12-22(18-26(24)42-6)30-28(32(40)44-8-2)20(4)36-34(48)38-30/h9-14,17-18,29-30H,7-8,15-16H2,1-6H3,(H2,35,37,47)(H2,36,38,48)/b10-9+. The highest BCUT2D eigenvalue weighted by Crippen LogP contribution is 2.36. The zero-order valence-electron chi connectivity index (χ0n) is 27.7. The van der Waals surface area contributed by atoms with Crippen LogP contribution in [0.25, 0.3) is 0 Å². The highest BCUT2D eigenvalue weighted by Gasteiger charge is 2.32. The lowest BCUT2D eigenvalue weighted by atomic mass is 9.95. The number of hydrogen-bond acceptors (Lipinski definition) is 10. The molecule has 2 aliphatic rings. The van der Waals surface area contributed by atoms with Gasteiger partial charge in [-0.2, -0.15) is 0 Å². The number of ether oxygens (including phenoxy) is 6. The smallest absolute Gasteiger partial charge is 0.338 e. The quantitative estimate of drug-likeness (QED) is 0.126. The van der Waals surface area contributed by atoms with Gasteiger partial charge >= 0.3 is 11.9 Å². The number of esters is 2. The molecular formula is C34H40N4O8S2. The number of carbonyl (C=O) groups excluding carboxylic acids is 2. The SMILES string of the molecule is CCOC(=O)C1=C(C)NC(=S)NC1c1ccc(OC/C=C/COc2ccc(C3NC(=S)NC(C)=C3C(=O)OCC)cc2OC)c(OC)c1. The molecule has 0 radical (unpaired) electrons. The first-order valence-electron chi connectivity index (χ1n) is 15.3. The van der Waals surface area contributed by atoms with Crippen LogP contribution < -0.4 is 40.2 Å². The van der Waals surface area contributed by atoms with Crippen LogP contribution in [0, 0.1) is 0 Å². The topological polar surface area (TPSA) is 138 Å². The molecule has 0 saturated carbocycles. The van der Waals surface area contributed by atoms with E-state index in [0.717, 1.165) is 11.1 Å². The number of hydrogen-bond donors (Lipinski definition) is 4. The van der Waals surface area contributed by atoms with Crippen LogP contribution in [0.15, 0.2) is 71.1 Å². The Kier molecular flexibility index (Phi) is 12.6. The molecule has 2 aromatic rings. The summed E-state index contributed by atoms with van der Waals surface area (Å²) in [6.45, 7) is 8.10. The minimum absolute atomic E-state index is 0.252. The van der Waals surface area contributed by atoms with Crippen molar-refractivity contribution >= 4 is 46.6 Å². The van der Waals surface area contributed by atoms with Crippen LogP contribution in [0.5, 0.6) is 23.0 Å². The zero-order chi connectivity index (χ0) is 34.8. The molecule has 4 N–H and O–H groups in total. The van der Waals surface area contributed by atoms with E-state index in [1.54, 1.807) is 66.2 Å². The Morgan fingerprint density at radius 2 is 1.08 bits per heavy atom. The number of thiocarbonyl (C=S) groups is 2. The lowest BCUT2D eigenvalue weighted by molar-refractivity contribution is -0.140. The summed E-state index contributed by atoms with van der Waals surface area (Å²) >= 11 is 10.7. The van der Waals surface area contributed by atoms with E-state index in [2.05, 4.69) is 21.3 Å². The van der Waals surface area contributed by atoms with Crippen LogP contribution in [-0.4, -0.2) is 62.8 Å². The average molecular weight is 697 g/mol. The maximum absolute atomic E-state index is 12.7. The largest absolute Gasteiger partial charge is 0.493 e. The molecule has 0 spiro atoms. The number of methoxy groups -OCH3 is 2. The Labute approximate surface area is 290 Å². The van der Waals surface area contributed by atoms with Crippen molar-refractivity contribution in [3.8, 4) is 23.0 Å². The molecular weight excluding hydrogens is 657 g/mol. The van der Waals surface area contributed by atoms with Crippen molar-refractivity contribution in [3.05, 3.63) is 82.2 Å². The molecule has 256 valence electrons. The van der Waals surface area contributed by atoms with Gasteiger partial charge in [0.05, 0.1) is 50.7 Å². The van der Waals surface area contributed by atoms with Crippen molar-refractivity contribution in [1.82, 2.24) is 21.3 Å². The maximum atomic E-state index is 12.7. The number of carbonyl (C=O) groups is 2. The summed E-state index contributed by atoms with van der Waals surface area (Å²) in [5.41, 5.74) is 3.65. The van der Waals surface area contributed by atoms with E-state index in [0.29, 0.717) is 55.8 Å². The van der Waals surface area contributed by atoms with Crippen molar-refractivity contribution in [2.24, 2.45) is 0 Å². The van der Waals surface area contributed by atoms with Crippen molar-refractivity contribution < 1.29 is 38.0 Å². The lowest BCUT2D eigenvalue weighted by Gasteiger charge is -2.30. The van der Waals surface area contributed by atoms with E-state index in [-0.39, 0.29) is 26.4 Å². The molecule has 14 heteroatoms. The van der Waals surface area contributed by atoms with Gasteiger partial charge < -0.3 is 49.7 Å². The summed E-state index contributed by atoms with van der Waals surface area (Å²) < 4.78 is 33.6. The lowest BCUT2D eigenvalue weighted by Crippen LogP contribution is -2.45. The molecule has 2 aromatic carbocycles. The molecule has 0 aliphatic carbocycles. The minimum atomic E-state index is -0.516. The first-order chi connectivity index (χ1) is 23.1. The third kappa shape index (κ3) is 8.55. The summed E-state index contributed by atoms with van der Waals surface area (Å²) in [4.78, 5) is 25.4. The van der Waals surface area contributed by atoms with Crippen LogP contribution in [0.1, 0.15) is 50.9 Å². The number of benzene rings is 2. The van der Waals surface area contributed by atoms with Crippen LogP contribution in [0.2, 0.25) is 0 Å². The van der Waals surface area contributed by atoms with Crippen molar-refractivity contribution in [2.75, 3.05) is 40.6 Å². The van der Waals surface area contributed by atoms with Gasteiger partial charge in [0.2, 0.25) is 0 Å². The Bertz CT molecular complexity index is 1540. The van der Waals surface area contributed by atoms with E-state index in [1.165, 1.54) is 0 Å². The molecule has 0 aromatic heterocycles. The van der Waals surface area contributed by atoms with Crippen molar-refractivity contribution in [3.63, 3.8) is 0 Å². The fourth-order valence-corrected chi connectivity index (χ4v) is 5.77. The van der Waals surface area contributed by atoms with Gasteiger partial charge in [-0.15, -0.1) is 0 Å². The molecule has 2 aliphatic heterocycles. The predicted molar refractivity (Wildman–Crippen MR) is 188 cm³/mol. The highest BCUT2D eigenvalue weighted by molar-refractivity contribution is 7.80. The number of rotatable bonds is 14. The molecule has 2 atom stereocenters. The normalized spacial score (nSPS) is 17.5. The zero-order valence-corrected chi connectivity index (χ0v) is 29.3. The second-order valence-electron chi connectivity index (χ2n) is 10.5. The fourth-order valence-electron chi connectivity index (χ4n) is 5.22. The highest BCUT2D eigenvalue weighted by atomic mass is 32.1. The summed E-state index contributed by atoms with van der Waals surface area (Å²) in [5.74, 6) is 1.18. The molecule has 0 fully saturated rings. The second kappa shape index (κ2) is 16.8. The van der Waals surface area contributed by atoms with Crippen LogP contribution in [0.3, 0.4) is 0 Å². The van der Waals surface area contributed by atoms with Crippen LogP contribution in [-0.2, 0) is 19.1 Å². The summed E-state index contributed by atoms with van der Waals surface area (Å²) in [5, 5.41) is 13.1. The van der Waals surface area contributed by atoms with Crippen LogP contribution >= 0.6 is 24.4 Å². The van der Waals surface area contributed by atoms with E-state index in [9.17, 15) is 9.59 Å². The van der Waals surface area contributed by atoms with E-state index in [4.69, 9.17) is 52.9 Å². The Morgan fingerprint density at radius 1 is 0.688 bits per heavy atom. The van der Waals surface area contributed by atoms with Gasteiger partial charge in [0, 0.05) is 11.4 Å². The molecule has 0 amide bonds. The summed E-state index contributed by atoms with van der Waals surface area (Å²) in [6.07, 6.45) is 3.65. The van der Waals surface area contributed by atoms with Crippen molar-refractivity contribution in [1.29, 1.82) is 0 Å². The second-order valence-corrected chi connectivity index (χ2v) is 11.3. The fraction of sp³-hybridized carbons (Fsp3) is 0.353. The summed E-state index contributed by atoms with van der Waals surface area (Å²) in [6, 6.07) is 9.82. The van der Waals surface area contributed by atoms with Gasteiger partial charge in [0.25, 0.3) is 0 Å². The third-order valence-corrected chi connectivity index (χ3v) is 7.85. The van der Waals surface area contributed by atoms with Gasteiger partial charge in [-0.3, -0.25) is 0 Å². The Morgan fingerprint density at radius 3 is 1.44 bits per heavy atom. The maximum Gasteiger partial charge on any atom is 0.338 e. The molecule has 48 heavy (non-hydrogen) atoms. The molecule has 2 unspecified atom stereocenters. The minimum Gasteiger partial charge on any atom is -0.493 e. The monoisotopic (exact) mass is 696 g/mol. The average Bonchev–Trinajstić information content (AvgIpc) is 3.05. The molecule has 2 heterocycles. The number of allylic oxidation sites excluding steroid dienone is 2. The summed E-state index contributed by atoms with van der Waals surface area (Å²) in [7, 11) is 3.10. The molecule has 0 bridgehead atoms. The van der Waals surface area contributed by atoms with E-state index < -0.39 is 24.0 Å². The molecule has 4 rings (SSSR count). The molecule has 0 saturated heterocycles. The van der Waals surface area contributed by atoms with E-state index >= 15 is 0 Å². The first kappa shape index (κ1) is 36.0.